The molecule has 0 fully saturated rings. The number of sulfonamides is 1. The van der Waals surface area contributed by atoms with E-state index in [1.54, 1.807) is 0 Å². The Morgan fingerprint density at radius 2 is 1.75 bits per heavy atom. The Labute approximate surface area is 164 Å². The van der Waals surface area contributed by atoms with E-state index in [1.807, 2.05) is 0 Å². The van der Waals surface area contributed by atoms with Crippen LogP contribution in [-0.2, 0) is 21.0 Å². The van der Waals surface area contributed by atoms with Gasteiger partial charge in [-0.25, -0.2) is 12.8 Å². The Kier molecular flexibility index (Phi) is 6.68. The molecule has 1 amide bonds. The van der Waals surface area contributed by atoms with Gasteiger partial charge in [-0.05, 0) is 42.5 Å². The number of amides is 1. The quantitative estimate of drug-likeness (QED) is 0.689. The molecule has 0 aromatic heterocycles. The standard InChI is InChI=1S/C17H15ClF4N2O3S/c1-2-24(28(26,27)13-6-4-12(19)5-7-13)10-16(25)23-15-8-3-11(18)9-14(15)17(20,21)22/h3-9H,2,10H2,1H3,(H,23,25). The Bertz CT molecular complexity index is 963. The first-order valence-electron chi connectivity index (χ1n) is 7.87. The minimum Gasteiger partial charge on any atom is -0.324 e. The number of carbonyl (C=O) groups excluding carboxylic acids is 1. The van der Waals surface area contributed by atoms with Crippen LogP contribution < -0.4 is 5.32 Å². The van der Waals surface area contributed by atoms with Crippen molar-refractivity contribution in [2.45, 2.75) is 18.0 Å². The Hall–Kier alpha value is -2.17. The number of carbonyl (C=O) groups is 1. The number of hydrogen-bond donors (Lipinski definition) is 1. The van der Waals surface area contributed by atoms with Crippen LogP contribution in [0.25, 0.3) is 0 Å². The number of rotatable bonds is 6. The van der Waals surface area contributed by atoms with Gasteiger partial charge in [-0.1, -0.05) is 18.5 Å². The van der Waals surface area contributed by atoms with Crippen LogP contribution >= 0.6 is 11.6 Å². The molecule has 0 bridgehead atoms. The van der Waals surface area contributed by atoms with E-state index in [1.165, 1.54) is 13.0 Å². The Balaban J connectivity index is 2.23. The Morgan fingerprint density at radius 1 is 1.14 bits per heavy atom. The van der Waals surface area contributed by atoms with E-state index < -0.39 is 45.7 Å². The van der Waals surface area contributed by atoms with Crippen molar-refractivity contribution in [3.63, 3.8) is 0 Å². The van der Waals surface area contributed by atoms with Crippen LogP contribution in [0.5, 0.6) is 0 Å². The zero-order chi connectivity index (χ0) is 21.1. The van der Waals surface area contributed by atoms with Gasteiger partial charge in [0.1, 0.15) is 5.82 Å². The van der Waals surface area contributed by atoms with E-state index in [2.05, 4.69) is 5.32 Å². The third-order valence-electron chi connectivity index (χ3n) is 3.69. The largest absolute Gasteiger partial charge is 0.418 e. The van der Waals surface area contributed by atoms with Crippen molar-refractivity contribution in [1.82, 2.24) is 4.31 Å². The number of likely N-dealkylation sites (N-methyl/N-ethyl adjacent to an activating group) is 1. The minimum atomic E-state index is -4.77. The van der Waals surface area contributed by atoms with Gasteiger partial charge in [-0.2, -0.15) is 17.5 Å². The van der Waals surface area contributed by atoms with E-state index in [9.17, 15) is 30.8 Å². The van der Waals surface area contributed by atoms with Crippen LogP contribution in [0.15, 0.2) is 47.4 Å². The molecule has 0 unspecified atom stereocenters. The average Bonchev–Trinajstić information content (AvgIpc) is 2.60. The summed E-state index contributed by atoms with van der Waals surface area (Å²) in [6, 6.07) is 6.77. The van der Waals surface area contributed by atoms with Crippen LogP contribution in [-0.4, -0.2) is 31.7 Å². The average molecular weight is 439 g/mol. The summed E-state index contributed by atoms with van der Waals surface area (Å²) in [5, 5.41) is 1.89. The van der Waals surface area contributed by atoms with Gasteiger partial charge >= 0.3 is 6.18 Å². The van der Waals surface area contributed by atoms with Crippen LogP contribution in [0.2, 0.25) is 5.02 Å². The van der Waals surface area contributed by atoms with Gasteiger partial charge in [-0.15, -0.1) is 0 Å². The summed E-state index contributed by atoms with van der Waals surface area (Å²) in [5.41, 5.74) is -1.70. The van der Waals surface area contributed by atoms with E-state index in [-0.39, 0.29) is 16.5 Å². The molecule has 0 saturated carbocycles. The monoisotopic (exact) mass is 438 g/mol. The summed E-state index contributed by atoms with van der Waals surface area (Å²) in [5.74, 6) is -1.61. The summed E-state index contributed by atoms with van der Waals surface area (Å²) >= 11 is 5.58. The molecule has 11 heteroatoms. The first-order valence-corrected chi connectivity index (χ1v) is 9.69. The fourth-order valence-electron chi connectivity index (χ4n) is 2.33. The molecule has 2 aromatic carbocycles. The molecule has 2 aromatic rings. The third-order valence-corrected chi connectivity index (χ3v) is 5.86. The number of benzene rings is 2. The van der Waals surface area contributed by atoms with Crippen molar-refractivity contribution < 1.29 is 30.8 Å². The third kappa shape index (κ3) is 5.21. The van der Waals surface area contributed by atoms with Gasteiger partial charge in [0.25, 0.3) is 0 Å². The van der Waals surface area contributed by atoms with Crippen LogP contribution in [0.3, 0.4) is 0 Å². The fourth-order valence-corrected chi connectivity index (χ4v) is 3.91. The molecule has 0 aliphatic carbocycles. The summed E-state index contributed by atoms with van der Waals surface area (Å²) in [6.07, 6.45) is -4.77. The number of nitrogens with zero attached hydrogens (tertiary/aromatic N) is 1. The maximum absolute atomic E-state index is 13.1. The molecule has 2 rings (SSSR count). The van der Waals surface area contributed by atoms with Crippen molar-refractivity contribution >= 4 is 33.2 Å². The second-order valence-corrected chi connectivity index (χ2v) is 8.00. The number of anilines is 1. The van der Waals surface area contributed by atoms with E-state index in [4.69, 9.17) is 11.6 Å². The lowest BCUT2D eigenvalue weighted by atomic mass is 10.1. The molecule has 0 spiro atoms. The molecule has 0 atom stereocenters. The van der Waals surface area contributed by atoms with Crippen LogP contribution in [0, 0.1) is 5.82 Å². The second kappa shape index (κ2) is 8.46. The molecular formula is C17H15ClF4N2O3S. The minimum absolute atomic E-state index is 0.125. The molecule has 0 aliphatic rings. The summed E-state index contributed by atoms with van der Waals surface area (Å²) in [6.45, 7) is 0.605. The van der Waals surface area contributed by atoms with Gasteiger partial charge in [0.2, 0.25) is 15.9 Å². The smallest absolute Gasteiger partial charge is 0.324 e. The zero-order valence-corrected chi connectivity index (χ0v) is 16.0. The first-order chi connectivity index (χ1) is 12.9. The highest BCUT2D eigenvalue weighted by molar-refractivity contribution is 7.89. The van der Waals surface area contributed by atoms with E-state index in [0.29, 0.717) is 6.07 Å². The lowest BCUT2D eigenvalue weighted by Gasteiger charge is -2.21. The normalized spacial score (nSPS) is 12.2. The molecule has 0 heterocycles. The molecule has 0 saturated heterocycles. The highest BCUT2D eigenvalue weighted by atomic mass is 35.5. The summed E-state index contributed by atoms with van der Waals surface area (Å²) in [4.78, 5) is 12.0. The van der Waals surface area contributed by atoms with Crippen molar-refractivity contribution in [3.05, 3.63) is 58.9 Å². The van der Waals surface area contributed by atoms with Gasteiger partial charge in [0.05, 0.1) is 22.7 Å². The van der Waals surface area contributed by atoms with Crippen molar-refractivity contribution in [2.75, 3.05) is 18.4 Å². The molecule has 0 radical (unpaired) electrons. The number of hydrogen-bond acceptors (Lipinski definition) is 3. The fraction of sp³-hybridized carbons (Fsp3) is 0.235. The predicted molar refractivity (Wildman–Crippen MR) is 95.9 cm³/mol. The van der Waals surface area contributed by atoms with E-state index in [0.717, 1.165) is 34.6 Å². The molecule has 5 nitrogen and oxygen atoms in total. The number of halogens is 5. The number of alkyl halides is 3. The van der Waals surface area contributed by atoms with Crippen molar-refractivity contribution in [3.8, 4) is 0 Å². The molecular weight excluding hydrogens is 424 g/mol. The molecule has 152 valence electrons. The lowest BCUT2D eigenvalue weighted by molar-refractivity contribution is -0.137. The topological polar surface area (TPSA) is 66.5 Å². The molecule has 0 aliphatic heterocycles. The maximum Gasteiger partial charge on any atom is 0.418 e. The lowest BCUT2D eigenvalue weighted by Crippen LogP contribution is -2.38. The van der Waals surface area contributed by atoms with E-state index >= 15 is 0 Å². The van der Waals surface area contributed by atoms with Gasteiger partial charge in [-0.3, -0.25) is 4.79 Å². The highest BCUT2D eigenvalue weighted by Crippen LogP contribution is 2.36. The maximum atomic E-state index is 13.1. The highest BCUT2D eigenvalue weighted by Gasteiger charge is 2.34. The molecule has 28 heavy (non-hydrogen) atoms. The van der Waals surface area contributed by atoms with Crippen LogP contribution in [0.1, 0.15) is 12.5 Å². The van der Waals surface area contributed by atoms with Gasteiger partial charge in [0, 0.05) is 11.6 Å². The van der Waals surface area contributed by atoms with Crippen LogP contribution in [0.4, 0.5) is 23.2 Å². The number of nitrogens with one attached hydrogen (secondary N) is 1. The van der Waals surface area contributed by atoms with Gasteiger partial charge < -0.3 is 5.32 Å². The Morgan fingerprint density at radius 3 is 2.29 bits per heavy atom. The summed E-state index contributed by atoms with van der Waals surface area (Å²) < 4.78 is 78.2. The van der Waals surface area contributed by atoms with Crippen molar-refractivity contribution in [2.24, 2.45) is 0 Å². The first kappa shape index (κ1) is 22.1. The second-order valence-electron chi connectivity index (χ2n) is 5.62. The summed E-state index contributed by atoms with van der Waals surface area (Å²) in [7, 11) is -4.14. The zero-order valence-electron chi connectivity index (χ0n) is 14.4. The SMILES string of the molecule is CCN(CC(=O)Nc1ccc(Cl)cc1C(F)(F)F)S(=O)(=O)c1ccc(F)cc1. The predicted octanol–water partition coefficient (Wildman–Crippen LogP) is 4.15. The molecule has 1 N–H and O–H groups in total. The van der Waals surface area contributed by atoms with Gasteiger partial charge in [0.15, 0.2) is 0 Å². The van der Waals surface area contributed by atoms with Crippen molar-refractivity contribution in [1.29, 1.82) is 0 Å².